The van der Waals surface area contributed by atoms with Gasteiger partial charge < -0.3 is 10.0 Å². The molecule has 0 aliphatic heterocycles. The Morgan fingerprint density at radius 3 is 2.80 bits per heavy atom. The molecule has 0 aliphatic carbocycles. The molecule has 1 rings (SSSR count). The van der Waals surface area contributed by atoms with E-state index in [-0.39, 0.29) is 6.61 Å². The molecule has 2 nitrogen and oxygen atoms in total. The molecule has 0 radical (unpaired) electrons. The van der Waals surface area contributed by atoms with Crippen molar-refractivity contribution in [2.75, 3.05) is 18.0 Å². The zero-order valence-corrected chi connectivity index (χ0v) is 9.46. The van der Waals surface area contributed by atoms with Gasteiger partial charge in [-0.15, -0.1) is 6.42 Å². The van der Waals surface area contributed by atoms with Crippen LogP contribution in [0, 0.1) is 12.3 Å². The van der Waals surface area contributed by atoms with Gasteiger partial charge in [-0.1, -0.05) is 23.6 Å². The third-order valence-electron chi connectivity index (χ3n) is 2.26. The summed E-state index contributed by atoms with van der Waals surface area (Å²) in [7, 11) is 0. The van der Waals surface area contributed by atoms with Gasteiger partial charge in [0.1, 0.15) is 0 Å². The lowest BCUT2D eigenvalue weighted by atomic mass is 10.1. The van der Waals surface area contributed by atoms with Gasteiger partial charge in [0, 0.05) is 22.8 Å². The molecule has 1 aromatic rings. The molecule has 3 heteroatoms. The Balaban J connectivity index is 3.11. The fourth-order valence-corrected chi connectivity index (χ4v) is 1.71. The summed E-state index contributed by atoms with van der Waals surface area (Å²) in [5, 5.41) is 9.82. The summed E-state index contributed by atoms with van der Waals surface area (Å²) < 4.78 is 0. The molecule has 1 aromatic carbocycles. The van der Waals surface area contributed by atoms with Gasteiger partial charge in [0.05, 0.1) is 13.2 Å². The second kappa shape index (κ2) is 5.65. The Morgan fingerprint density at radius 1 is 1.53 bits per heavy atom. The lowest BCUT2D eigenvalue weighted by molar-refractivity contribution is 0.282. The molecule has 80 valence electrons. The summed E-state index contributed by atoms with van der Waals surface area (Å²) >= 11 is 5.99. The second-order valence-corrected chi connectivity index (χ2v) is 3.52. The Morgan fingerprint density at radius 2 is 2.27 bits per heavy atom. The molecule has 0 saturated carbocycles. The van der Waals surface area contributed by atoms with Crippen LogP contribution in [0.1, 0.15) is 12.5 Å². The van der Waals surface area contributed by atoms with Gasteiger partial charge >= 0.3 is 0 Å². The first-order valence-corrected chi connectivity index (χ1v) is 5.19. The molecule has 0 heterocycles. The number of aliphatic hydroxyl groups excluding tert-OH is 1. The molecule has 0 saturated heterocycles. The van der Waals surface area contributed by atoms with Gasteiger partial charge in [-0.3, -0.25) is 0 Å². The third kappa shape index (κ3) is 2.65. The third-order valence-corrected chi connectivity index (χ3v) is 2.61. The van der Waals surface area contributed by atoms with E-state index in [1.165, 1.54) is 0 Å². The largest absolute Gasteiger partial charge is 0.392 e. The first-order chi connectivity index (χ1) is 7.24. The molecule has 0 amide bonds. The number of rotatable bonds is 4. The molecular formula is C12H14ClNO. The number of hydrogen-bond donors (Lipinski definition) is 1. The van der Waals surface area contributed by atoms with Crippen LogP contribution in [0.5, 0.6) is 0 Å². The summed E-state index contributed by atoms with van der Waals surface area (Å²) in [4.78, 5) is 2.00. The van der Waals surface area contributed by atoms with Crippen LogP contribution in [0.25, 0.3) is 0 Å². The van der Waals surface area contributed by atoms with Crippen molar-refractivity contribution in [1.29, 1.82) is 0 Å². The van der Waals surface area contributed by atoms with Gasteiger partial charge in [-0.25, -0.2) is 0 Å². The Bertz CT molecular complexity index is 370. The van der Waals surface area contributed by atoms with Crippen LogP contribution in [-0.4, -0.2) is 18.2 Å². The molecule has 0 unspecified atom stereocenters. The van der Waals surface area contributed by atoms with Crippen LogP contribution in [0.4, 0.5) is 5.69 Å². The molecule has 1 N–H and O–H groups in total. The van der Waals surface area contributed by atoms with Crippen LogP contribution in [0.2, 0.25) is 5.02 Å². The number of aliphatic hydroxyl groups is 1. The summed E-state index contributed by atoms with van der Waals surface area (Å²) in [6.45, 7) is 3.25. The number of nitrogens with zero attached hydrogens (tertiary/aromatic N) is 1. The molecular weight excluding hydrogens is 210 g/mol. The van der Waals surface area contributed by atoms with Crippen molar-refractivity contribution in [3.63, 3.8) is 0 Å². The predicted octanol–water partition coefficient (Wildman–Crippen LogP) is 2.29. The molecule has 0 spiro atoms. The van der Waals surface area contributed by atoms with Crippen LogP contribution in [0.15, 0.2) is 18.2 Å². The highest BCUT2D eigenvalue weighted by molar-refractivity contribution is 6.31. The lowest BCUT2D eigenvalue weighted by Crippen LogP contribution is -2.24. The molecule has 0 bridgehead atoms. The summed E-state index contributed by atoms with van der Waals surface area (Å²) in [6, 6.07) is 5.54. The van der Waals surface area contributed by atoms with E-state index in [0.29, 0.717) is 11.6 Å². The first kappa shape index (κ1) is 11.9. The van der Waals surface area contributed by atoms with Crippen LogP contribution in [0.3, 0.4) is 0 Å². The minimum absolute atomic E-state index is 0.0733. The quantitative estimate of drug-likeness (QED) is 0.792. The summed E-state index contributed by atoms with van der Waals surface area (Å²) in [5.74, 6) is 2.59. The second-order valence-electron chi connectivity index (χ2n) is 3.11. The van der Waals surface area contributed by atoms with Gasteiger partial charge in [0.15, 0.2) is 0 Å². The monoisotopic (exact) mass is 223 g/mol. The number of anilines is 1. The molecule has 0 fully saturated rings. The van der Waals surface area contributed by atoms with Gasteiger partial charge in [-0.2, -0.15) is 0 Å². The minimum atomic E-state index is -0.0733. The van der Waals surface area contributed by atoms with Crippen LogP contribution >= 0.6 is 11.6 Å². The van der Waals surface area contributed by atoms with E-state index in [9.17, 15) is 5.11 Å². The van der Waals surface area contributed by atoms with Crippen molar-refractivity contribution in [1.82, 2.24) is 0 Å². The van der Waals surface area contributed by atoms with Crippen molar-refractivity contribution in [2.45, 2.75) is 13.5 Å². The first-order valence-electron chi connectivity index (χ1n) is 4.81. The van der Waals surface area contributed by atoms with E-state index < -0.39 is 0 Å². The molecule has 0 aromatic heterocycles. The highest BCUT2D eigenvalue weighted by atomic mass is 35.5. The van der Waals surface area contributed by atoms with Crippen LogP contribution < -0.4 is 4.90 Å². The Kier molecular flexibility index (Phi) is 4.48. The lowest BCUT2D eigenvalue weighted by Gasteiger charge is -2.23. The maximum absolute atomic E-state index is 9.25. The van der Waals surface area contributed by atoms with E-state index in [1.54, 1.807) is 6.07 Å². The summed E-state index contributed by atoms with van der Waals surface area (Å²) in [5.41, 5.74) is 1.64. The average molecular weight is 224 g/mol. The standard InChI is InChI=1S/C12H14ClNO/c1-3-8-14(4-2)12-7-5-6-11(13)10(12)9-15/h1,5-7,15H,4,8-9H2,2H3. The van der Waals surface area contributed by atoms with Crippen molar-refractivity contribution in [3.8, 4) is 12.3 Å². The fraction of sp³-hybridized carbons (Fsp3) is 0.333. The van der Waals surface area contributed by atoms with Gasteiger partial charge in [0.2, 0.25) is 0 Å². The fourth-order valence-electron chi connectivity index (χ4n) is 1.48. The van der Waals surface area contributed by atoms with E-state index in [2.05, 4.69) is 5.92 Å². The average Bonchev–Trinajstić information content (AvgIpc) is 2.25. The van der Waals surface area contributed by atoms with E-state index in [4.69, 9.17) is 18.0 Å². The molecule has 0 atom stereocenters. The van der Waals surface area contributed by atoms with Crippen LogP contribution in [-0.2, 0) is 6.61 Å². The topological polar surface area (TPSA) is 23.5 Å². The number of halogens is 1. The summed E-state index contributed by atoms with van der Waals surface area (Å²) in [6.07, 6.45) is 5.28. The molecule has 0 aliphatic rings. The molecule has 15 heavy (non-hydrogen) atoms. The highest BCUT2D eigenvalue weighted by Gasteiger charge is 2.10. The van der Waals surface area contributed by atoms with Crippen molar-refractivity contribution in [2.24, 2.45) is 0 Å². The SMILES string of the molecule is C#CCN(CC)c1cccc(Cl)c1CO. The minimum Gasteiger partial charge on any atom is -0.392 e. The van der Waals surface area contributed by atoms with Crippen molar-refractivity contribution in [3.05, 3.63) is 28.8 Å². The zero-order chi connectivity index (χ0) is 11.3. The Labute approximate surface area is 95.5 Å². The van der Waals surface area contributed by atoms with Crippen molar-refractivity contribution < 1.29 is 5.11 Å². The van der Waals surface area contributed by atoms with Gasteiger partial charge in [-0.05, 0) is 19.1 Å². The number of hydrogen-bond acceptors (Lipinski definition) is 2. The maximum Gasteiger partial charge on any atom is 0.0791 e. The number of benzene rings is 1. The van der Waals surface area contributed by atoms with E-state index in [1.807, 2.05) is 24.0 Å². The van der Waals surface area contributed by atoms with Gasteiger partial charge in [0.25, 0.3) is 0 Å². The Hall–Kier alpha value is -1.17. The highest BCUT2D eigenvalue weighted by Crippen LogP contribution is 2.27. The van der Waals surface area contributed by atoms with Crippen molar-refractivity contribution >= 4 is 17.3 Å². The normalized spacial score (nSPS) is 9.73. The van der Waals surface area contributed by atoms with E-state index >= 15 is 0 Å². The zero-order valence-electron chi connectivity index (χ0n) is 8.70. The predicted molar refractivity (Wildman–Crippen MR) is 64.1 cm³/mol. The maximum atomic E-state index is 9.25. The van der Waals surface area contributed by atoms with E-state index in [0.717, 1.165) is 17.8 Å². The number of terminal acetylenes is 1. The smallest absolute Gasteiger partial charge is 0.0791 e.